The van der Waals surface area contributed by atoms with E-state index in [1.807, 2.05) is 18.2 Å². The predicted octanol–water partition coefficient (Wildman–Crippen LogP) is 3.63. The fourth-order valence-corrected chi connectivity index (χ4v) is 3.08. The van der Waals surface area contributed by atoms with E-state index >= 15 is 0 Å². The second kappa shape index (κ2) is 6.87. The zero-order valence-electron chi connectivity index (χ0n) is 13.9. The van der Waals surface area contributed by atoms with Crippen molar-refractivity contribution in [3.8, 4) is 22.6 Å². The van der Waals surface area contributed by atoms with Gasteiger partial charge in [-0.2, -0.15) is 0 Å². The van der Waals surface area contributed by atoms with Crippen LogP contribution in [0.5, 0.6) is 11.5 Å². The fourth-order valence-electron chi connectivity index (χ4n) is 2.87. The van der Waals surface area contributed by atoms with Crippen molar-refractivity contribution in [2.24, 2.45) is 11.7 Å². The molecule has 1 aromatic carbocycles. The van der Waals surface area contributed by atoms with Crippen LogP contribution in [0.2, 0.25) is 5.02 Å². The van der Waals surface area contributed by atoms with Crippen molar-refractivity contribution in [3.05, 3.63) is 35.0 Å². The van der Waals surface area contributed by atoms with E-state index < -0.39 is 0 Å². The van der Waals surface area contributed by atoms with E-state index in [9.17, 15) is 0 Å². The molecule has 0 radical (unpaired) electrons. The minimum atomic E-state index is -0.0235. The maximum absolute atomic E-state index is 6.39. The third kappa shape index (κ3) is 3.57. The van der Waals surface area contributed by atoms with E-state index in [-0.39, 0.29) is 6.04 Å². The summed E-state index contributed by atoms with van der Waals surface area (Å²) in [4.78, 5) is 4.10. The van der Waals surface area contributed by atoms with Crippen LogP contribution < -0.4 is 20.9 Å². The van der Waals surface area contributed by atoms with Crippen LogP contribution in [0.1, 0.15) is 25.8 Å². The van der Waals surface area contributed by atoms with Crippen molar-refractivity contribution in [2.75, 3.05) is 12.3 Å². The Morgan fingerprint density at radius 1 is 1.29 bits per heavy atom. The van der Waals surface area contributed by atoms with Gasteiger partial charge in [0.1, 0.15) is 30.5 Å². The number of benzene rings is 1. The highest BCUT2D eigenvalue weighted by molar-refractivity contribution is 6.32. The Bertz CT molecular complexity index is 749. The Labute approximate surface area is 146 Å². The SMILES string of the molecule is CC(C)C[C@H](N)COc1cc2c(cc1Cl)-c1cc(N)ncc1CO2. The summed E-state index contributed by atoms with van der Waals surface area (Å²) in [7, 11) is 0. The van der Waals surface area contributed by atoms with Gasteiger partial charge in [0.05, 0.1) is 5.02 Å². The first-order chi connectivity index (χ1) is 11.4. The van der Waals surface area contributed by atoms with Gasteiger partial charge in [-0.3, -0.25) is 0 Å². The molecule has 0 bridgehead atoms. The van der Waals surface area contributed by atoms with Crippen molar-refractivity contribution < 1.29 is 9.47 Å². The number of rotatable bonds is 5. The quantitative estimate of drug-likeness (QED) is 0.862. The number of hydrogen-bond donors (Lipinski definition) is 2. The molecule has 1 aliphatic rings. The Morgan fingerprint density at radius 3 is 2.83 bits per heavy atom. The standard InChI is InChI=1S/C18H22ClN3O2/c1-10(2)3-12(20)9-24-17-6-16-14(4-15(17)19)13-5-18(21)22-7-11(13)8-23-16/h4-7,10,12H,3,8-9,20H2,1-2H3,(H2,21,22)/t12-/m0/s1. The summed E-state index contributed by atoms with van der Waals surface area (Å²) < 4.78 is 11.6. The van der Waals surface area contributed by atoms with Crippen LogP contribution in [0.3, 0.4) is 0 Å². The third-order valence-corrected chi connectivity index (χ3v) is 4.24. The average molecular weight is 348 g/mol. The largest absolute Gasteiger partial charge is 0.490 e. The highest BCUT2D eigenvalue weighted by atomic mass is 35.5. The summed E-state index contributed by atoms with van der Waals surface area (Å²) in [5, 5.41) is 0.525. The molecular formula is C18H22ClN3O2. The van der Waals surface area contributed by atoms with Gasteiger partial charge in [0.2, 0.25) is 0 Å². The van der Waals surface area contributed by atoms with Gasteiger partial charge in [-0.25, -0.2) is 4.98 Å². The first-order valence-electron chi connectivity index (χ1n) is 8.03. The smallest absolute Gasteiger partial charge is 0.141 e. The molecule has 3 rings (SSSR count). The molecule has 6 heteroatoms. The lowest BCUT2D eigenvalue weighted by molar-refractivity contribution is 0.266. The third-order valence-electron chi connectivity index (χ3n) is 3.94. The van der Waals surface area contributed by atoms with E-state index in [4.69, 9.17) is 32.5 Å². The monoisotopic (exact) mass is 347 g/mol. The van der Waals surface area contributed by atoms with Crippen molar-refractivity contribution in [1.29, 1.82) is 0 Å². The summed E-state index contributed by atoms with van der Waals surface area (Å²) >= 11 is 6.39. The summed E-state index contributed by atoms with van der Waals surface area (Å²) in [5.74, 6) is 2.31. The van der Waals surface area contributed by atoms with Crippen molar-refractivity contribution >= 4 is 17.4 Å². The molecule has 2 aromatic rings. The predicted molar refractivity (Wildman–Crippen MR) is 96.4 cm³/mol. The van der Waals surface area contributed by atoms with Gasteiger partial charge in [0.15, 0.2) is 0 Å². The van der Waals surface area contributed by atoms with Crippen LogP contribution in [-0.2, 0) is 6.61 Å². The number of nitrogens with two attached hydrogens (primary N) is 2. The van der Waals surface area contributed by atoms with E-state index in [1.54, 1.807) is 6.20 Å². The van der Waals surface area contributed by atoms with Crippen molar-refractivity contribution in [1.82, 2.24) is 4.98 Å². The Kier molecular flexibility index (Phi) is 4.83. The van der Waals surface area contributed by atoms with Gasteiger partial charge in [-0.1, -0.05) is 25.4 Å². The second-order valence-corrected chi connectivity index (χ2v) is 6.94. The maximum atomic E-state index is 6.39. The number of fused-ring (bicyclic) bond motifs is 3. The molecule has 0 unspecified atom stereocenters. The summed E-state index contributed by atoms with van der Waals surface area (Å²) in [6.07, 6.45) is 2.63. The summed E-state index contributed by atoms with van der Waals surface area (Å²) in [5.41, 5.74) is 14.8. The van der Waals surface area contributed by atoms with Gasteiger partial charge in [-0.05, 0) is 30.0 Å². The highest BCUT2D eigenvalue weighted by Crippen LogP contribution is 2.43. The lowest BCUT2D eigenvalue weighted by Gasteiger charge is -2.22. The zero-order valence-corrected chi connectivity index (χ0v) is 14.6. The first kappa shape index (κ1) is 16.9. The number of ether oxygens (including phenoxy) is 2. The molecule has 0 saturated carbocycles. The number of pyridine rings is 1. The maximum Gasteiger partial charge on any atom is 0.141 e. The molecule has 1 aromatic heterocycles. The molecule has 128 valence electrons. The second-order valence-electron chi connectivity index (χ2n) is 6.53. The molecule has 0 spiro atoms. The van der Waals surface area contributed by atoms with E-state index in [0.29, 0.717) is 35.7 Å². The lowest BCUT2D eigenvalue weighted by atomic mass is 9.98. The van der Waals surface area contributed by atoms with E-state index in [1.165, 1.54) is 0 Å². The highest BCUT2D eigenvalue weighted by Gasteiger charge is 2.21. The zero-order chi connectivity index (χ0) is 17.3. The number of halogens is 1. The van der Waals surface area contributed by atoms with Crippen LogP contribution in [0, 0.1) is 5.92 Å². The molecule has 24 heavy (non-hydrogen) atoms. The first-order valence-corrected chi connectivity index (χ1v) is 8.41. The van der Waals surface area contributed by atoms with Crippen LogP contribution in [0.25, 0.3) is 11.1 Å². The Morgan fingerprint density at radius 2 is 2.08 bits per heavy atom. The molecule has 0 saturated heterocycles. The minimum Gasteiger partial charge on any atom is -0.490 e. The molecule has 0 fully saturated rings. The van der Waals surface area contributed by atoms with Crippen LogP contribution in [0.15, 0.2) is 24.4 Å². The molecule has 0 aliphatic carbocycles. The molecule has 5 nitrogen and oxygen atoms in total. The topological polar surface area (TPSA) is 83.4 Å². The van der Waals surface area contributed by atoms with Gasteiger partial charge < -0.3 is 20.9 Å². The van der Waals surface area contributed by atoms with Gasteiger partial charge in [-0.15, -0.1) is 0 Å². The van der Waals surface area contributed by atoms with E-state index in [0.717, 1.165) is 28.9 Å². The fraction of sp³-hybridized carbons (Fsp3) is 0.389. The molecule has 4 N–H and O–H groups in total. The minimum absolute atomic E-state index is 0.0235. The molecule has 2 heterocycles. The van der Waals surface area contributed by atoms with Crippen LogP contribution in [-0.4, -0.2) is 17.6 Å². The van der Waals surface area contributed by atoms with Gasteiger partial charge in [0, 0.05) is 29.4 Å². The van der Waals surface area contributed by atoms with Crippen molar-refractivity contribution in [2.45, 2.75) is 32.9 Å². The summed E-state index contributed by atoms with van der Waals surface area (Å²) in [6, 6.07) is 5.48. The number of hydrogen-bond acceptors (Lipinski definition) is 5. The Balaban J connectivity index is 1.84. The molecule has 1 atom stereocenters. The summed E-state index contributed by atoms with van der Waals surface area (Å²) in [6.45, 7) is 5.14. The van der Waals surface area contributed by atoms with Gasteiger partial charge in [0.25, 0.3) is 0 Å². The van der Waals surface area contributed by atoms with Crippen molar-refractivity contribution in [3.63, 3.8) is 0 Å². The molecular weight excluding hydrogens is 326 g/mol. The average Bonchev–Trinajstić information content (AvgIpc) is 2.52. The molecule has 0 amide bonds. The van der Waals surface area contributed by atoms with E-state index in [2.05, 4.69) is 18.8 Å². The lowest BCUT2D eigenvalue weighted by Crippen LogP contribution is -2.29. The number of nitrogen functional groups attached to an aromatic ring is 1. The number of nitrogens with zero attached hydrogens (tertiary/aromatic N) is 1. The normalized spacial score (nSPS) is 13.9. The van der Waals surface area contributed by atoms with Crippen LogP contribution in [0.4, 0.5) is 5.82 Å². The molecule has 1 aliphatic heterocycles. The van der Waals surface area contributed by atoms with Crippen LogP contribution >= 0.6 is 11.6 Å². The van der Waals surface area contributed by atoms with Gasteiger partial charge >= 0.3 is 0 Å². The Hall–Kier alpha value is -1.98. The number of aromatic nitrogens is 1. The number of anilines is 1.